The van der Waals surface area contributed by atoms with Gasteiger partial charge in [-0.15, -0.1) is 0 Å². The van der Waals surface area contributed by atoms with Crippen LogP contribution < -0.4 is 0 Å². The maximum Gasteiger partial charge on any atom is 0.0412 e. The summed E-state index contributed by atoms with van der Waals surface area (Å²) in [6.45, 7) is 0. The zero-order valence-corrected chi connectivity index (χ0v) is 9.41. The molecule has 1 aliphatic carbocycles. The Bertz CT molecular complexity index is 567. The van der Waals surface area contributed by atoms with Crippen molar-refractivity contribution < 1.29 is 0 Å². The van der Waals surface area contributed by atoms with E-state index in [4.69, 9.17) is 11.6 Å². The molecule has 16 heavy (non-hydrogen) atoms. The van der Waals surface area contributed by atoms with Gasteiger partial charge in [-0.05, 0) is 34.4 Å². The van der Waals surface area contributed by atoms with E-state index < -0.39 is 0 Å². The first-order chi connectivity index (χ1) is 7.84. The minimum absolute atomic E-state index is 0.780. The molecular weight excluding hydrogens is 216 g/mol. The lowest BCUT2D eigenvalue weighted by Gasteiger charge is -2.06. The van der Waals surface area contributed by atoms with Crippen LogP contribution in [0.15, 0.2) is 54.6 Å². The molecule has 2 aromatic carbocycles. The number of rotatable bonds is 1. The molecule has 0 nitrogen and oxygen atoms in total. The molecule has 0 fully saturated rings. The van der Waals surface area contributed by atoms with Gasteiger partial charge in [0, 0.05) is 11.4 Å². The Hall–Kier alpha value is -1.53. The molecule has 0 amide bonds. The van der Waals surface area contributed by atoms with Gasteiger partial charge in [0.15, 0.2) is 0 Å². The minimum atomic E-state index is 0.780. The Morgan fingerprint density at radius 1 is 0.875 bits per heavy atom. The van der Waals surface area contributed by atoms with E-state index in [0.717, 1.165) is 5.02 Å². The maximum absolute atomic E-state index is 6.01. The molecule has 1 radical (unpaired) electrons. The van der Waals surface area contributed by atoms with Crippen LogP contribution in [0.1, 0.15) is 16.7 Å². The van der Waals surface area contributed by atoms with E-state index in [2.05, 4.69) is 42.8 Å². The molecule has 0 spiro atoms. The average Bonchev–Trinajstić information content (AvgIpc) is 2.72. The monoisotopic (exact) mass is 225 g/mol. The summed E-state index contributed by atoms with van der Waals surface area (Å²) in [7, 11) is 0. The van der Waals surface area contributed by atoms with Crippen LogP contribution in [-0.4, -0.2) is 0 Å². The van der Waals surface area contributed by atoms with Gasteiger partial charge in [0.2, 0.25) is 0 Å². The normalized spacial score (nSPS) is 13.4. The topological polar surface area (TPSA) is 0 Å². The molecule has 0 saturated heterocycles. The van der Waals surface area contributed by atoms with Crippen molar-refractivity contribution in [3.05, 3.63) is 82.7 Å². The van der Waals surface area contributed by atoms with E-state index in [1.807, 2.05) is 18.2 Å². The van der Waals surface area contributed by atoms with Crippen molar-refractivity contribution in [3.63, 3.8) is 0 Å². The number of halogens is 1. The summed E-state index contributed by atoms with van der Waals surface area (Å²) >= 11 is 6.01. The third kappa shape index (κ3) is 1.56. The zero-order chi connectivity index (χ0) is 11.0. The molecule has 0 unspecified atom stereocenters. The van der Waals surface area contributed by atoms with Gasteiger partial charge in [-0.1, -0.05) is 54.1 Å². The second-order valence-corrected chi connectivity index (χ2v) is 4.28. The Kier molecular flexibility index (Phi) is 2.30. The Balaban J connectivity index is 2.11. The van der Waals surface area contributed by atoms with Crippen molar-refractivity contribution in [3.8, 4) is 0 Å². The molecule has 1 heteroatoms. The molecule has 77 valence electrons. The van der Waals surface area contributed by atoms with E-state index in [1.54, 1.807) is 0 Å². The summed E-state index contributed by atoms with van der Waals surface area (Å²) < 4.78 is 0. The largest absolute Gasteiger partial charge is 0.0843 e. The number of fused-ring (bicyclic) bond motifs is 1. The molecular formula is C15H10Cl. The molecule has 0 aliphatic heterocycles. The average molecular weight is 226 g/mol. The standard InChI is InChI=1S/C15H10Cl/c16-13-6-3-5-12(10-13)15-9-8-11-4-1-2-7-14(11)15/h1-10H. The highest BCUT2D eigenvalue weighted by Crippen LogP contribution is 2.34. The molecule has 1 aliphatic rings. The number of hydrogen-bond donors (Lipinski definition) is 0. The summed E-state index contributed by atoms with van der Waals surface area (Å²) in [6, 6.07) is 16.4. The lowest BCUT2D eigenvalue weighted by Crippen LogP contribution is -1.85. The van der Waals surface area contributed by atoms with Crippen molar-refractivity contribution in [2.45, 2.75) is 0 Å². The van der Waals surface area contributed by atoms with Crippen molar-refractivity contribution in [1.29, 1.82) is 0 Å². The van der Waals surface area contributed by atoms with E-state index in [0.29, 0.717) is 0 Å². The van der Waals surface area contributed by atoms with Gasteiger partial charge < -0.3 is 0 Å². The lowest BCUT2D eigenvalue weighted by atomic mass is 9.99. The highest BCUT2D eigenvalue weighted by Gasteiger charge is 2.14. The zero-order valence-electron chi connectivity index (χ0n) is 8.65. The maximum atomic E-state index is 6.01. The highest BCUT2D eigenvalue weighted by molar-refractivity contribution is 6.30. The van der Waals surface area contributed by atoms with Crippen LogP contribution in [0.3, 0.4) is 0 Å². The third-order valence-electron chi connectivity index (χ3n) is 2.82. The van der Waals surface area contributed by atoms with Gasteiger partial charge in [-0.2, -0.15) is 0 Å². The summed E-state index contributed by atoms with van der Waals surface area (Å²) in [5, 5.41) is 0.780. The molecule has 0 atom stereocenters. The van der Waals surface area contributed by atoms with Gasteiger partial charge in [0.1, 0.15) is 0 Å². The quantitative estimate of drug-likeness (QED) is 0.678. The van der Waals surface area contributed by atoms with Gasteiger partial charge in [-0.3, -0.25) is 0 Å². The number of hydrogen-bond acceptors (Lipinski definition) is 0. The second kappa shape index (κ2) is 3.80. The van der Waals surface area contributed by atoms with E-state index in [-0.39, 0.29) is 0 Å². The first kappa shape index (κ1) is 9.68. The molecule has 2 aromatic rings. The summed E-state index contributed by atoms with van der Waals surface area (Å²) in [6.07, 6.45) is 4.29. The van der Waals surface area contributed by atoms with E-state index in [9.17, 15) is 0 Å². The Labute approximate surface area is 100 Å². The predicted octanol–water partition coefficient (Wildman–Crippen LogP) is 4.34. The summed E-state index contributed by atoms with van der Waals surface area (Å²) in [5.41, 5.74) is 4.98. The molecule has 0 bridgehead atoms. The van der Waals surface area contributed by atoms with Crippen LogP contribution in [0.25, 0.3) is 5.57 Å². The van der Waals surface area contributed by atoms with E-state index in [1.165, 1.54) is 22.3 Å². The fourth-order valence-electron chi connectivity index (χ4n) is 2.06. The third-order valence-corrected chi connectivity index (χ3v) is 3.05. The lowest BCUT2D eigenvalue weighted by molar-refractivity contribution is 1.52. The minimum Gasteiger partial charge on any atom is -0.0843 e. The first-order valence-electron chi connectivity index (χ1n) is 5.25. The van der Waals surface area contributed by atoms with Crippen molar-refractivity contribution in [1.82, 2.24) is 0 Å². The highest BCUT2D eigenvalue weighted by atomic mass is 35.5. The van der Waals surface area contributed by atoms with Crippen LogP contribution in [0, 0.1) is 6.42 Å². The smallest absolute Gasteiger partial charge is 0.0412 e. The fourth-order valence-corrected chi connectivity index (χ4v) is 2.25. The van der Waals surface area contributed by atoms with Gasteiger partial charge in [0.05, 0.1) is 0 Å². The number of allylic oxidation sites excluding steroid dienone is 1. The van der Waals surface area contributed by atoms with Gasteiger partial charge in [0.25, 0.3) is 0 Å². The molecule has 0 saturated carbocycles. The van der Waals surface area contributed by atoms with Crippen LogP contribution in [-0.2, 0) is 0 Å². The van der Waals surface area contributed by atoms with Crippen LogP contribution in [0.4, 0.5) is 0 Å². The molecule has 0 heterocycles. The van der Waals surface area contributed by atoms with Crippen molar-refractivity contribution >= 4 is 17.2 Å². The van der Waals surface area contributed by atoms with E-state index >= 15 is 0 Å². The molecule has 3 rings (SSSR count). The van der Waals surface area contributed by atoms with Gasteiger partial charge in [-0.25, -0.2) is 0 Å². The van der Waals surface area contributed by atoms with Gasteiger partial charge >= 0.3 is 0 Å². The molecule has 0 N–H and O–H groups in total. The Morgan fingerprint density at radius 2 is 1.75 bits per heavy atom. The van der Waals surface area contributed by atoms with Crippen LogP contribution >= 0.6 is 11.6 Å². The van der Waals surface area contributed by atoms with Crippen molar-refractivity contribution in [2.24, 2.45) is 0 Å². The first-order valence-corrected chi connectivity index (χ1v) is 5.63. The van der Waals surface area contributed by atoms with Crippen LogP contribution in [0.5, 0.6) is 0 Å². The fraction of sp³-hybridized carbons (Fsp3) is 0. The summed E-state index contributed by atoms with van der Waals surface area (Å²) in [5.74, 6) is 0. The molecule has 0 aromatic heterocycles. The predicted molar refractivity (Wildman–Crippen MR) is 68.4 cm³/mol. The SMILES string of the molecule is Clc1cccc(C2=C[CH]c3ccccc32)c1. The van der Waals surface area contributed by atoms with Crippen LogP contribution in [0.2, 0.25) is 5.02 Å². The summed E-state index contributed by atoms with van der Waals surface area (Å²) in [4.78, 5) is 0. The van der Waals surface area contributed by atoms with Crippen molar-refractivity contribution in [2.75, 3.05) is 0 Å². The Morgan fingerprint density at radius 3 is 2.62 bits per heavy atom. The number of benzene rings is 2. The second-order valence-electron chi connectivity index (χ2n) is 3.84.